The maximum absolute atomic E-state index is 12.2. The monoisotopic (exact) mass is 270 g/mol. The van der Waals surface area contributed by atoms with Gasteiger partial charge in [-0.1, -0.05) is 0 Å². The molecule has 5 atom stereocenters. The average molecular weight is 270 g/mol. The first-order valence-corrected chi connectivity index (χ1v) is 13.2. The van der Waals surface area contributed by atoms with Crippen LogP contribution in [0.3, 0.4) is 0 Å². The van der Waals surface area contributed by atoms with Gasteiger partial charge in [0, 0.05) is 0 Å². The molecule has 17 heavy (non-hydrogen) atoms. The number of hydrogen-bond acceptors (Lipinski definition) is 1. The molecule has 2 nitrogen and oxygen atoms in total. The molecular formula is C14H14FeO2. The Hall–Kier alpha value is -0.271. The van der Waals surface area contributed by atoms with Crippen LogP contribution in [0.5, 0.6) is 0 Å². The second-order valence-electron chi connectivity index (χ2n) is 10.7. The molecule has 10 aliphatic rings. The van der Waals surface area contributed by atoms with Gasteiger partial charge >= 0.3 is 88.6 Å². The molecule has 5 unspecified atom stereocenters. The third-order valence-corrected chi connectivity index (χ3v) is 59.3. The Balaban J connectivity index is 1.75. The molecule has 10 fully saturated rings. The first-order chi connectivity index (χ1) is 7.94. The van der Waals surface area contributed by atoms with Gasteiger partial charge in [0.05, 0.1) is 0 Å². The fourth-order valence-corrected chi connectivity index (χ4v) is 94.7. The van der Waals surface area contributed by atoms with Crippen LogP contribution in [-0.2, 0) is 11.3 Å². The number of carboxylic acids is 1. The average Bonchev–Trinajstić information content (AvgIpc) is 3.24. The molecular weight excluding hydrogens is 256 g/mol. The second-order valence-corrected chi connectivity index (χ2v) is 34.0. The van der Waals surface area contributed by atoms with E-state index in [9.17, 15) is 9.90 Å². The van der Waals surface area contributed by atoms with E-state index in [1.54, 1.807) is 0 Å². The number of carboxylic acid groups (broad SMARTS) is 1. The van der Waals surface area contributed by atoms with Crippen LogP contribution in [0.4, 0.5) is 0 Å². The third-order valence-electron chi connectivity index (χ3n) is 15.9. The molecule has 0 amide bonds. The molecule has 0 aliphatic carbocycles. The van der Waals surface area contributed by atoms with Gasteiger partial charge in [0.1, 0.15) is 0 Å². The molecule has 10 heterocycles. The molecule has 0 aromatic carbocycles. The number of allylic oxidation sites excluding steroid dienone is 1. The van der Waals surface area contributed by atoms with Crippen LogP contribution in [0.15, 0.2) is 12.7 Å². The Morgan fingerprint density at radius 2 is 1.76 bits per heavy atom. The molecule has 3 heteroatoms. The van der Waals surface area contributed by atoms with Crippen LogP contribution in [0.1, 0.15) is 6.42 Å². The molecule has 1 N–H and O–H groups in total. The zero-order valence-corrected chi connectivity index (χ0v) is 10.4. The van der Waals surface area contributed by atoms with Crippen LogP contribution in [0.25, 0.3) is 0 Å². The van der Waals surface area contributed by atoms with E-state index in [2.05, 4.69) is 12.7 Å². The fourth-order valence-electron chi connectivity index (χ4n) is 18.4. The van der Waals surface area contributed by atoms with Gasteiger partial charge in [-0.2, -0.15) is 0 Å². The van der Waals surface area contributed by atoms with E-state index in [1.165, 1.54) is 0 Å². The van der Waals surface area contributed by atoms with Gasteiger partial charge in [-0.3, -0.25) is 0 Å². The molecule has 90 valence electrons. The number of aliphatic carboxylic acids is 1. The molecule has 1 spiro atoms. The predicted octanol–water partition coefficient (Wildman–Crippen LogP) is 3.78. The van der Waals surface area contributed by atoms with E-state index in [0.717, 1.165) is 45.0 Å². The van der Waals surface area contributed by atoms with Crippen molar-refractivity contribution in [2.75, 3.05) is 0 Å². The summed E-state index contributed by atoms with van der Waals surface area (Å²) in [5.74, 6) is -0.305. The predicted molar refractivity (Wildman–Crippen MR) is 57.8 cm³/mol. The Bertz CT molecular complexity index is 1030. The van der Waals surface area contributed by atoms with Gasteiger partial charge in [0.2, 0.25) is 0 Å². The number of carbonyl (C=O) groups is 1. The van der Waals surface area contributed by atoms with Crippen LogP contribution >= 0.6 is 0 Å². The summed E-state index contributed by atoms with van der Waals surface area (Å²) in [7, 11) is 0. The van der Waals surface area contributed by atoms with Gasteiger partial charge in [-0.25, -0.2) is 0 Å². The van der Waals surface area contributed by atoms with E-state index in [0.29, 0.717) is 4.31 Å². The maximum atomic E-state index is 12.2. The van der Waals surface area contributed by atoms with Crippen LogP contribution in [0.2, 0.25) is 47.2 Å². The van der Waals surface area contributed by atoms with E-state index < -0.39 is 6.51 Å². The minimum atomic E-state index is -3.52. The zero-order valence-electron chi connectivity index (χ0n) is 9.32. The van der Waals surface area contributed by atoms with Crippen LogP contribution in [0, 0.1) is 0 Å². The van der Waals surface area contributed by atoms with E-state index in [4.69, 9.17) is 0 Å². The van der Waals surface area contributed by atoms with E-state index in [1.807, 2.05) is 0 Å². The Labute approximate surface area is 88.7 Å². The van der Waals surface area contributed by atoms with Crippen LogP contribution in [-0.4, -0.2) is 11.1 Å². The summed E-state index contributed by atoms with van der Waals surface area (Å²) in [5, 5.41) is 10.1. The molecule has 0 aromatic rings. The molecule has 0 saturated carbocycles. The third kappa shape index (κ3) is 0.0529. The molecule has 0 radical (unpaired) electrons. The first kappa shape index (κ1) is 6.25. The van der Waals surface area contributed by atoms with Gasteiger partial charge in [0.15, 0.2) is 0 Å². The van der Waals surface area contributed by atoms with Crippen molar-refractivity contribution in [2.45, 2.75) is 53.6 Å². The molecule has 10 saturated heterocycles. The summed E-state index contributed by atoms with van der Waals surface area (Å²) >= 11 is 0. The summed E-state index contributed by atoms with van der Waals surface area (Å²) in [6, 6.07) is 0. The number of rotatable bonds is 3. The summed E-state index contributed by atoms with van der Waals surface area (Å²) in [6.45, 7) is 0.473. The van der Waals surface area contributed by atoms with Crippen molar-refractivity contribution in [1.82, 2.24) is 0 Å². The fraction of sp³-hybridized carbons (Fsp3) is 0.786. The summed E-state index contributed by atoms with van der Waals surface area (Å²) < 4.78 is 0.430. The minimum absolute atomic E-state index is 0.0136. The zero-order chi connectivity index (χ0) is 10.9. The van der Waals surface area contributed by atoms with Crippen molar-refractivity contribution >= 4 is 5.97 Å². The van der Waals surface area contributed by atoms with Crippen molar-refractivity contribution < 1.29 is 16.4 Å². The van der Waals surface area contributed by atoms with Crippen molar-refractivity contribution in [3.8, 4) is 0 Å². The molecule has 0 bridgehead atoms. The van der Waals surface area contributed by atoms with E-state index >= 15 is 0 Å². The van der Waals surface area contributed by atoms with Crippen molar-refractivity contribution in [3.05, 3.63) is 12.7 Å². The number of hydrogen-bond donors (Lipinski definition) is 1. The molecule has 10 rings (SSSR count). The first-order valence-electron chi connectivity index (χ1n) is 7.00. The summed E-state index contributed by atoms with van der Waals surface area (Å²) in [5.41, 5.74) is 0. The van der Waals surface area contributed by atoms with Crippen molar-refractivity contribution in [2.24, 2.45) is 0 Å². The summed E-state index contributed by atoms with van der Waals surface area (Å²) in [4.78, 5) is 20.7. The normalized spacial score (nSPS) is 123. The second kappa shape index (κ2) is 0.464. The summed E-state index contributed by atoms with van der Waals surface area (Å²) in [6.07, 6.45) is 3.22. The van der Waals surface area contributed by atoms with Gasteiger partial charge in [-0.05, 0) is 0 Å². The quantitative estimate of drug-likeness (QED) is 0.626. The number of fused-ring (bicyclic) bond motifs is 10. The van der Waals surface area contributed by atoms with Gasteiger partial charge in [-0.15, -0.1) is 0 Å². The Kier molecular flexibility index (Phi) is 0.171. The van der Waals surface area contributed by atoms with Gasteiger partial charge in [0.25, 0.3) is 0 Å². The topological polar surface area (TPSA) is 37.3 Å². The standard InChI is InChI=1S/C9H9O2.C5H5.Fe/c1-2-4-7-5-3-6-8(7)9(10)11;1-2-4-5-3-1;/h2-3,5-6H,1,4H2,(H,10,11);1-5H;. The molecule has 0 aromatic heterocycles. The van der Waals surface area contributed by atoms with Gasteiger partial charge < -0.3 is 0 Å². The van der Waals surface area contributed by atoms with Crippen molar-refractivity contribution in [3.63, 3.8) is 0 Å². The molecule has 10 aliphatic heterocycles. The van der Waals surface area contributed by atoms with Crippen LogP contribution < -0.4 is 0 Å². The van der Waals surface area contributed by atoms with Crippen molar-refractivity contribution in [1.29, 1.82) is 0 Å². The Morgan fingerprint density at radius 1 is 1.18 bits per heavy atom. The Morgan fingerprint density at radius 3 is 2.06 bits per heavy atom. The SMILES string of the molecule is C=CC[C]12[CH]3[CH]4[CH]5[C]1(C(=O)O)[Fe]43521678[CH]2[CH]1[CH]6[CH]7[CH]28. The van der Waals surface area contributed by atoms with E-state index in [-0.39, 0.29) is 10.3 Å².